The lowest BCUT2D eigenvalue weighted by atomic mass is 10.1. The summed E-state index contributed by atoms with van der Waals surface area (Å²) in [5.41, 5.74) is 8.30. The van der Waals surface area contributed by atoms with Crippen LogP contribution in [0.25, 0.3) is 0 Å². The van der Waals surface area contributed by atoms with Gasteiger partial charge < -0.3 is 16.0 Å². The van der Waals surface area contributed by atoms with Gasteiger partial charge in [0.25, 0.3) is 0 Å². The number of nitrogens with two attached hydrogens (primary N) is 1. The van der Waals surface area contributed by atoms with Crippen LogP contribution in [-0.2, 0) is 4.79 Å². The molecule has 1 amide bonds. The van der Waals surface area contributed by atoms with Gasteiger partial charge in [0.2, 0.25) is 5.91 Å². The number of carbonyl (C=O) groups excluding carboxylic acids is 1. The van der Waals surface area contributed by atoms with E-state index in [1.165, 1.54) is 0 Å². The van der Waals surface area contributed by atoms with Crippen LogP contribution in [0.5, 0.6) is 0 Å². The fraction of sp³-hybridized carbons (Fsp3) is 0.562. The molecule has 0 radical (unpaired) electrons. The van der Waals surface area contributed by atoms with E-state index < -0.39 is 0 Å². The number of amides is 1. The number of nitrogens with one attached hydrogen (secondary N) is 1. The molecule has 0 spiro atoms. The van der Waals surface area contributed by atoms with Gasteiger partial charge in [-0.2, -0.15) is 0 Å². The zero-order valence-corrected chi connectivity index (χ0v) is 13.4. The maximum absolute atomic E-state index is 12.4. The molecule has 1 aliphatic rings. The second kappa shape index (κ2) is 6.45. The van der Waals surface area contributed by atoms with E-state index in [0.29, 0.717) is 11.7 Å². The Morgan fingerprint density at radius 2 is 2.19 bits per heavy atom. The molecule has 1 fully saturated rings. The lowest BCUT2D eigenvalue weighted by Crippen LogP contribution is -2.42. The molecule has 5 nitrogen and oxygen atoms in total. The molecule has 116 valence electrons. The van der Waals surface area contributed by atoms with Crippen LogP contribution in [0.2, 0.25) is 0 Å². The smallest absolute Gasteiger partial charge is 0.241 e. The van der Waals surface area contributed by atoms with Crippen LogP contribution in [0.3, 0.4) is 0 Å². The summed E-state index contributed by atoms with van der Waals surface area (Å²) in [5, 5.41) is 3.00. The Balaban J connectivity index is 1.99. The van der Waals surface area contributed by atoms with Crippen molar-refractivity contribution in [3.8, 4) is 0 Å². The van der Waals surface area contributed by atoms with Crippen molar-refractivity contribution in [1.82, 2.24) is 9.80 Å². The molecule has 1 aliphatic heterocycles. The van der Waals surface area contributed by atoms with Crippen molar-refractivity contribution in [2.24, 2.45) is 0 Å². The molecule has 1 heterocycles. The maximum atomic E-state index is 12.4. The molecule has 2 atom stereocenters. The topological polar surface area (TPSA) is 61.6 Å². The number of nitrogens with zero attached hydrogens (tertiary/aromatic N) is 2. The molecule has 2 unspecified atom stereocenters. The van der Waals surface area contributed by atoms with E-state index in [1.807, 2.05) is 32.0 Å². The molecule has 3 N–H and O–H groups in total. The van der Waals surface area contributed by atoms with E-state index in [9.17, 15) is 4.79 Å². The Hall–Kier alpha value is -1.59. The normalized spacial score (nSPS) is 20.7. The molecule has 0 aliphatic carbocycles. The SMILES string of the molecule is Cc1c(N)cccc1NC(=O)C(C)N1CCC(N(C)C)C1. The average Bonchev–Trinajstić information content (AvgIpc) is 2.93. The first kappa shape index (κ1) is 15.8. The fourth-order valence-electron chi connectivity index (χ4n) is 2.73. The highest BCUT2D eigenvalue weighted by molar-refractivity contribution is 5.95. The minimum absolute atomic E-state index is 0.0307. The number of likely N-dealkylation sites (tertiary alicyclic amines) is 1. The Bertz CT molecular complexity index is 515. The van der Waals surface area contributed by atoms with E-state index in [0.717, 1.165) is 30.8 Å². The van der Waals surface area contributed by atoms with E-state index in [-0.39, 0.29) is 11.9 Å². The highest BCUT2D eigenvalue weighted by Gasteiger charge is 2.30. The molecule has 1 aromatic carbocycles. The van der Waals surface area contributed by atoms with Crippen LogP contribution in [0.4, 0.5) is 11.4 Å². The summed E-state index contributed by atoms with van der Waals surface area (Å²) in [4.78, 5) is 16.9. The van der Waals surface area contributed by atoms with Crippen LogP contribution in [0, 0.1) is 6.92 Å². The highest BCUT2D eigenvalue weighted by atomic mass is 16.2. The number of anilines is 2. The first-order valence-electron chi connectivity index (χ1n) is 7.46. The van der Waals surface area contributed by atoms with Gasteiger partial charge in [-0.05, 0) is 52.1 Å². The number of hydrogen-bond donors (Lipinski definition) is 2. The van der Waals surface area contributed by atoms with Crippen molar-refractivity contribution in [3.05, 3.63) is 23.8 Å². The second-order valence-electron chi connectivity index (χ2n) is 6.09. The van der Waals surface area contributed by atoms with Crippen molar-refractivity contribution >= 4 is 17.3 Å². The monoisotopic (exact) mass is 290 g/mol. The van der Waals surface area contributed by atoms with Crippen molar-refractivity contribution in [2.45, 2.75) is 32.4 Å². The first-order valence-corrected chi connectivity index (χ1v) is 7.46. The predicted octanol–water partition coefficient (Wildman–Crippen LogP) is 1.54. The molecule has 0 aromatic heterocycles. The largest absolute Gasteiger partial charge is 0.398 e. The predicted molar refractivity (Wildman–Crippen MR) is 87.3 cm³/mol. The highest BCUT2D eigenvalue weighted by Crippen LogP contribution is 2.22. The van der Waals surface area contributed by atoms with Crippen molar-refractivity contribution in [2.75, 3.05) is 38.2 Å². The van der Waals surface area contributed by atoms with Gasteiger partial charge in [0.05, 0.1) is 6.04 Å². The summed E-state index contributed by atoms with van der Waals surface area (Å²) < 4.78 is 0. The zero-order valence-electron chi connectivity index (χ0n) is 13.4. The molecule has 0 bridgehead atoms. The van der Waals surface area contributed by atoms with Crippen LogP contribution >= 0.6 is 0 Å². The molecule has 0 saturated carbocycles. The van der Waals surface area contributed by atoms with Gasteiger partial charge in [-0.3, -0.25) is 9.69 Å². The number of hydrogen-bond acceptors (Lipinski definition) is 4. The fourth-order valence-corrected chi connectivity index (χ4v) is 2.73. The minimum atomic E-state index is -0.129. The Morgan fingerprint density at radius 1 is 1.48 bits per heavy atom. The van der Waals surface area contributed by atoms with E-state index in [2.05, 4.69) is 29.2 Å². The number of likely N-dealkylation sites (N-methyl/N-ethyl adjacent to an activating group) is 1. The lowest BCUT2D eigenvalue weighted by Gasteiger charge is -2.25. The molecular formula is C16H26N4O. The third kappa shape index (κ3) is 3.54. The lowest BCUT2D eigenvalue weighted by molar-refractivity contribution is -0.120. The number of rotatable bonds is 4. The average molecular weight is 290 g/mol. The third-order valence-corrected chi connectivity index (χ3v) is 4.49. The second-order valence-corrected chi connectivity index (χ2v) is 6.09. The number of nitrogen functional groups attached to an aromatic ring is 1. The standard InChI is InChI=1S/C16H26N4O/c1-11-14(17)6-5-7-15(11)18-16(21)12(2)20-9-8-13(10-20)19(3)4/h5-7,12-13H,8-10,17H2,1-4H3,(H,18,21). The summed E-state index contributed by atoms with van der Waals surface area (Å²) in [7, 11) is 4.18. The van der Waals surface area contributed by atoms with Gasteiger partial charge in [-0.1, -0.05) is 6.07 Å². The number of benzene rings is 1. The summed E-state index contributed by atoms with van der Waals surface area (Å²) in [5.74, 6) is 0.0307. The Morgan fingerprint density at radius 3 is 2.81 bits per heavy atom. The molecular weight excluding hydrogens is 264 g/mol. The summed E-state index contributed by atoms with van der Waals surface area (Å²) in [6.07, 6.45) is 1.11. The minimum Gasteiger partial charge on any atom is -0.398 e. The van der Waals surface area contributed by atoms with Crippen LogP contribution in [0.15, 0.2) is 18.2 Å². The summed E-state index contributed by atoms with van der Waals surface area (Å²) in [6, 6.07) is 6.00. The Labute approximate surface area is 127 Å². The molecule has 1 aromatic rings. The van der Waals surface area contributed by atoms with Gasteiger partial charge in [0.15, 0.2) is 0 Å². The first-order chi connectivity index (χ1) is 9.90. The van der Waals surface area contributed by atoms with Gasteiger partial charge in [-0.15, -0.1) is 0 Å². The zero-order chi connectivity index (χ0) is 15.6. The van der Waals surface area contributed by atoms with Crippen LogP contribution in [0.1, 0.15) is 18.9 Å². The van der Waals surface area contributed by atoms with Gasteiger partial charge in [0.1, 0.15) is 0 Å². The van der Waals surface area contributed by atoms with E-state index in [1.54, 1.807) is 0 Å². The van der Waals surface area contributed by atoms with Crippen molar-refractivity contribution < 1.29 is 4.79 Å². The summed E-state index contributed by atoms with van der Waals surface area (Å²) >= 11 is 0. The molecule has 21 heavy (non-hydrogen) atoms. The van der Waals surface area contributed by atoms with Gasteiger partial charge >= 0.3 is 0 Å². The maximum Gasteiger partial charge on any atom is 0.241 e. The number of carbonyl (C=O) groups is 1. The molecule has 1 saturated heterocycles. The van der Waals surface area contributed by atoms with Crippen molar-refractivity contribution in [3.63, 3.8) is 0 Å². The Kier molecular flexibility index (Phi) is 4.85. The molecule has 2 rings (SSSR count). The van der Waals surface area contributed by atoms with Crippen molar-refractivity contribution in [1.29, 1.82) is 0 Å². The van der Waals surface area contributed by atoms with Gasteiger partial charge in [-0.25, -0.2) is 0 Å². The van der Waals surface area contributed by atoms with E-state index in [4.69, 9.17) is 5.73 Å². The quantitative estimate of drug-likeness (QED) is 0.826. The summed E-state index contributed by atoms with van der Waals surface area (Å²) in [6.45, 7) is 5.80. The molecule has 5 heteroatoms. The van der Waals surface area contributed by atoms with E-state index >= 15 is 0 Å². The van der Waals surface area contributed by atoms with Crippen LogP contribution < -0.4 is 11.1 Å². The van der Waals surface area contributed by atoms with Crippen LogP contribution in [-0.4, -0.2) is 55.0 Å². The van der Waals surface area contributed by atoms with Gasteiger partial charge in [0, 0.05) is 30.5 Å². The third-order valence-electron chi connectivity index (χ3n) is 4.49.